The number of fused-ring (bicyclic) bond motifs is 1. The molecule has 38 heteroatoms. The van der Waals surface area contributed by atoms with E-state index in [4.69, 9.17) is 28.4 Å². The molecule has 34 nitrogen and oxygen atoms in total. The van der Waals surface area contributed by atoms with E-state index in [1.165, 1.54) is 19.3 Å². The van der Waals surface area contributed by atoms with Crippen LogP contribution in [0, 0.1) is 23.3 Å². The van der Waals surface area contributed by atoms with Gasteiger partial charge in [0.1, 0.15) is 29.8 Å². The second kappa shape index (κ2) is 46.0. The molecule has 1 unspecified atom stereocenters. The van der Waals surface area contributed by atoms with E-state index < -0.39 is 35.0 Å². The molecule has 0 saturated carbocycles. The molecule has 652 valence electrons. The number of aromatic nitrogens is 9. The van der Waals surface area contributed by atoms with Gasteiger partial charge in [-0.25, -0.2) is 42.9 Å². The van der Waals surface area contributed by atoms with Crippen LogP contribution in [-0.4, -0.2) is 151 Å². The Morgan fingerprint density at radius 1 is 0.500 bits per heavy atom. The lowest BCUT2D eigenvalue weighted by Gasteiger charge is -2.31. The molecule has 6 aromatic carbocycles. The molecule has 1 fully saturated rings. The number of amides is 6. The number of hydrogen-bond acceptors (Lipinski definition) is 28. The molecular weight excluding hydrogens is 1630 g/mol. The average Bonchev–Trinajstić information content (AvgIpc) is 1.87. The number of methoxy groups -OCH3 is 2. The van der Waals surface area contributed by atoms with Gasteiger partial charge in [-0.3, -0.25) is 24.0 Å². The van der Waals surface area contributed by atoms with E-state index in [0.29, 0.717) is 133 Å². The number of piperidine rings is 1. The maximum Gasteiger partial charge on any atom is 0.407 e. The van der Waals surface area contributed by atoms with Crippen LogP contribution in [0.1, 0.15) is 45.6 Å². The lowest BCUT2D eigenvalue weighted by Crippen LogP contribution is -2.43. The summed E-state index contributed by atoms with van der Waals surface area (Å²) in [6.07, 6.45) is 12.1. The summed E-state index contributed by atoms with van der Waals surface area (Å²) in [5.74, 6) is -1.55. The van der Waals surface area contributed by atoms with Crippen molar-refractivity contribution in [3.8, 4) is 23.3 Å². The zero-order valence-corrected chi connectivity index (χ0v) is 69.0. The molecule has 1 atom stereocenters. The van der Waals surface area contributed by atoms with Crippen molar-refractivity contribution in [3.05, 3.63) is 262 Å². The van der Waals surface area contributed by atoms with Crippen LogP contribution in [0.5, 0.6) is 23.3 Å². The summed E-state index contributed by atoms with van der Waals surface area (Å²) >= 11 is 0. The maximum absolute atomic E-state index is 14.4. The number of nitrogens with zero attached hydrogens (tertiary/aromatic N) is 10. The number of carbonyl (C=O) groups is 6. The van der Waals surface area contributed by atoms with Gasteiger partial charge in [-0.05, 0) is 185 Å². The molecule has 11 aromatic rings. The topological polar surface area (TPSA) is 421 Å². The fraction of sp³-hybridized carbons (Fsp3) is 0.193. The zero-order valence-electron chi connectivity index (χ0n) is 69.0. The summed E-state index contributed by atoms with van der Waals surface area (Å²) in [6, 6.07) is 43.4. The van der Waals surface area contributed by atoms with Crippen LogP contribution >= 0.6 is 0 Å². The van der Waals surface area contributed by atoms with Crippen molar-refractivity contribution in [1.29, 1.82) is 0 Å². The molecule has 1 saturated heterocycles. The van der Waals surface area contributed by atoms with Crippen molar-refractivity contribution in [2.45, 2.75) is 58.2 Å². The number of pyridine rings is 1. The molecule has 2 aliphatic heterocycles. The molecule has 0 bridgehead atoms. The fourth-order valence-corrected chi connectivity index (χ4v) is 11.3. The van der Waals surface area contributed by atoms with E-state index in [-0.39, 0.29) is 82.8 Å². The largest absolute Gasteiger partial charge is 0.493 e. The average molecular weight is 1720 g/mol. The van der Waals surface area contributed by atoms with Gasteiger partial charge in [0.2, 0.25) is 65.0 Å². The number of alkyl carbamates (subject to hydrolysis) is 1. The zero-order chi connectivity index (χ0) is 89.9. The van der Waals surface area contributed by atoms with Gasteiger partial charge in [0.15, 0.2) is 34.9 Å². The number of rotatable bonds is 33. The van der Waals surface area contributed by atoms with Crippen molar-refractivity contribution >= 4 is 139 Å². The van der Waals surface area contributed by atoms with Crippen LogP contribution < -0.4 is 82.7 Å². The summed E-state index contributed by atoms with van der Waals surface area (Å²) in [6.45, 7) is 21.9. The smallest absolute Gasteiger partial charge is 0.407 e. The van der Waals surface area contributed by atoms with E-state index in [1.54, 1.807) is 185 Å². The lowest BCUT2D eigenvalue weighted by molar-refractivity contribution is -0.128. The highest BCUT2D eigenvalue weighted by Gasteiger charge is 2.26. The van der Waals surface area contributed by atoms with Gasteiger partial charge in [-0.15, -0.1) is 0 Å². The van der Waals surface area contributed by atoms with Gasteiger partial charge in [0.05, 0.1) is 70.0 Å². The predicted molar refractivity (Wildman–Crippen MR) is 471 cm³/mol. The Hall–Kier alpha value is -16.2. The number of hydrogen-bond donors (Lipinski definition) is 12. The number of carbonyl (C=O) groups excluding carboxylic acids is 6. The Labute approximate surface area is 721 Å². The predicted octanol–water partition coefficient (Wildman–Crippen LogP) is 15.8. The second-order valence-electron chi connectivity index (χ2n) is 27.8. The van der Waals surface area contributed by atoms with E-state index in [2.05, 4.69) is 135 Å². The number of likely N-dealkylation sites (tertiary alicyclic amines) is 1. The number of benzene rings is 6. The first-order chi connectivity index (χ1) is 60.8. The minimum absolute atomic E-state index is 0.00998. The second-order valence-corrected chi connectivity index (χ2v) is 27.8. The van der Waals surface area contributed by atoms with Gasteiger partial charge in [-0.1, -0.05) is 50.6 Å². The van der Waals surface area contributed by atoms with E-state index in [9.17, 15) is 46.3 Å². The fourth-order valence-electron chi connectivity index (χ4n) is 11.3. The molecule has 7 heterocycles. The Bertz CT molecular complexity index is 5660. The molecule has 13 rings (SSSR count). The van der Waals surface area contributed by atoms with Gasteiger partial charge >= 0.3 is 6.09 Å². The summed E-state index contributed by atoms with van der Waals surface area (Å²) in [5.41, 5.74) is 6.92. The van der Waals surface area contributed by atoms with E-state index >= 15 is 0 Å². The molecule has 5 aromatic heterocycles. The first-order valence-electron chi connectivity index (χ1n) is 38.8. The van der Waals surface area contributed by atoms with Gasteiger partial charge < -0.3 is 97.1 Å². The highest BCUT2D eigenvalue weighted by atomic mass is 19.1. The molecule has 0 radical (unpaired) electrons. The molecular formula is C88H90F4N22O12. The summed E-state index contributed by atoms with van der Waals surface area (Å²) in [5, 5.41) is 34.0. The van der Waals surface area contributed by atoms with Gasteiger partial charge in [-0.2, -0.15) is 24.3 Å². The normalized spacial score (nSPS) is 12.2. The Morgan fingerprint density at radius 3 is 1.47 bits per heavy atom. The van der Waals surface area contributed by atoms with Crippen LogP contribution in [-0.2, 0) is 39.9 Å². The monoisotopic (exact) mass is 1720 g/mol. The molecule has 0 aliphatic carbocycles. The maximum atomic E-state index is 14.4. The highest BCUT2D eigenvalue weighted by Crippen LogP contribution is 2.32. The standard InChI is InChI=1S/C27H31FN6O4.C22H22FN5O3.C21H17FN6O2.C18H20FN5O3/c1-5-23(35)31-18-9-6-10-19(15-18)32-24-22(28)17-30-25(34-24)33-20-11-7-12-21(16-20)37-14-8-13-29-26(36)38-27(2,3)4;1-3-20(29)25-16-5-4-6-17(13-16)26-21-19(23)14-24-22(28-21)27-15-7-9-18(10-8-15)31-12-11-30-2;1-2-18(29)24-13-4-3-5-14(10-13)25-20-16(22)11-23-21(28-20)26-15-6-7-17-12(8-15)9-19(30)27-17;1-3-16(25)24-8-4-5-13(11-24)27-17-14(19)10-21-18(23-17)22-12-6-7-15(26-2)20-9-12/h5-7,9-12,15-17H,1,8,13-14H2,2-4H3,(H,29,36)(H,31,35)(H2,30,32,33,34);3-10,13-14H,1,11-12H2,2H3,(H,25,29)(H2,24,26,27,28);2-8,10-11H,1,9H2,(H,24,29)(H,27,30)(H2,23,25,26,28);3,6-7,9-10,13H,1,4-5,8,11H2,2H3,(H,21,22,23). The molecule has 6 amide bonds. The van der Waals surface area contributed by atoms with Crippen LogP contribution in [0.15, 0.2) is 233 Å². The van der Waals surface area contributed by atoms with E-state index in [0.717, 1.165) is 54.6 Å². The molecule has 12 N–H and O–H groups in total. The Kier molecular flexibility index (Phi) is 33.7. The number of halogens is 4. The summed E-state index contributed by atoms with van der Waals surface area (Å²) < 4.78 is 89.1. The molecule has 126 heavy (non-hydrogen) atoms. The lowest BCUT2D eigenvalue weighted by atomic mass is 10.1. The quantitative estimate of drug-likeness (QED) is 0.0103. The molecule has 2 aliphatic rings. The third kappa shape index (κ3) is 29.9. The van der Waals surface area contributed by atoms with Crippen LogP contribution in [0.4, 0.5) is 126 Å². The third-order valence-electron chi connectivity index (χ3n) is 17.0. The minimum atomic E-state index is -0.666. The van der Waals surface area contributed by atoms with Crippen molar-refractivity contribution in [3.63, 3.8) is 0 Å². The Balaban J connectivity index is 0.000000177. The number of ether oxygens (including phenoxy) is 6. The first kappa shape index (κ1) is 92.1. The van der Waals surface area contributed by atoms with Crippen LogP contribution in [0.25, 0.3) is 0 Å². The van der Waals surface area contributed by atoms with E-state index in [1.807, 2.05) is 6.07 Å². The van der Waals surface area contributed by atoms with Gasteiger partial charge in [0, 0.05) is 89.2 Å². The van der Waals surface area contributed by atoms with Crippen LogP contribution in [0.2, 0.25) is 0 Å². The van der Waals surface area contributed by atoms with Crippen molar-refractivity contribution in [2.75, 3.05) is 112 Å². The van der Waals surface area contributed by atoms with Crippen molar-refractivity contribution < 1.29 is 74.8 Å². The highest BCUT2D eigenvalue weighted by molar-refractivity contribution is 6.01. The molecule has 0 spiro atoms. The third-order valence-corrected chi connectivity index (χ3v) is 17.0. The summed E-state index contributed by atoms with van der Waals surface area (Å²) in [4.78, 5) is 108. The van der Waals surface area contributed by atoms with Crippen LogP contribution in [0.3, 0.4) is 0 Å². The minimum Gasteiger partial charge on any atom is -0.493 e. The SMILES string of the molecule is C=CC(=O)N1CCCC(Oc2nc(Nc3ccc(OC)nc3)ncc2F)C1.C=CC(=O)Nc1cccc(Nc2nc(Nc3ccc(OCCOC)cc3)ncc2F)c1.C=CC(=O)Nc1cccc(Nc2nc(Nc3ccc4c(c3)CC(=O)N4)ncc2F)c1.C=CC(=O)Nc1cccc(Nc2nc(Nc3cccc(OCCCNC(=O)OC(C)(C)C)c3)ncc2F)c1. The van der Waals surface area contributed by atoms with Gasteiger partial charge in [0.25, 0.3) is 5.88 Å². The Morgan fingerprint density at radius 2 is 0.968 bits per heavy atom. The summed E-state index contributed by atoms with van der Waals surface area (Å²) in [7, 11) is 3.14. The first-order valence-corrected chi connectivity index (χ1v) is 38.8. The number of anilines is 18. The van der Waals surface area contributed by atoms with Crippen molar-refractivity contribution in [2.24, 2.45) is 0 Å². The number of nitrogens with one attached hydrogen (secondary N) is 12. The van der Waals surface area contributed by atoms with Crippen molar-refractivity contribution in [1.82, 2.24) is 55.1 Å².